The molecule has 124 valence electrons. The molecule has 21 heavy (non-hydrogen) atoms. The Kier molecular flexibility index (Phi) is 6.51. The topological polar surface area (TPSA) is 35.5 Å². The van der Waals surface area contributed by atoms with Crippen molar-refractivity contribution in [2.75, 3.05) is 13.7 Å². The summed E-state index contributed by atoms with van der Waals surface area (Å²) >= 11 is 0. The summed E-state index contributed by atoms with van der Waals surface area (Å²) in [6.07, 6.45) is 13.2. The molecule has 2 unspecified atom stereocenters. The maximum atomic E-state index is 9.96. The van der Waals surface area contributed by atoms with Gasteiger partial charge in [-0.1, -0.05) is 39.5 Å². The zero-order valence-corrected chi connectivity index (χ0v) is 14.4. The van der Waals surface area contributed by atoms with Gasteiger partial charge in [0.2, 0.25) is 0 Å². The first kappa shape index (κ1) is 17.2. The largest absolute Gasteiger partial charge is 0.394 e. The van der Waals surface area contributed by atoms with E-state index in [0.717, 1.165) is 18.9 Å². The molecule has 0 spiro atoms. The molecule has 2 fully saturated rings. The molecule has 2 aliphatic rings. The molecule has 0 aromatic carbocycles. The highest BCUT2D eigenvalue weighted by Crippen LogP contribution is 2.33. The van der Waals surface area contributed by atoms with Crippen molar-refractivity contribution in [3.8, 4) is 0 Å². The Labute approximate surface area is 131 Å². The second-order valence-electron chi connectivity index (χ2n) is 7.80. The lowest BCUT2D eigenvalue weighted by Gasteiger charge is -2.46. The molecule has 0 amide bonds. The molecule has 0 aromatic rings. The van der Waals surface area contributed by atoms with Crippen molar-refractivity contribution in [3.05, 3.63) is 0 Å². The minimum absolute atomic E-state index is 0.0456. The Hall–Kier alpha value is -0.120. The van der Waals surface area contributed by atoms with E-state index in [2.05, 4.69) is 31.1 Å². The average Bonchev–Trinajstić information content (AvgIpc) is 2.75. The minimum atomic E-state index is -0.0456. The number of hydrogen-bond acceptors (Lipinski definition) is 3. The Morgan fingerprint density at radius 3 is 2.24 bits per heavy atom. The quantitative estimate of drug-likeness (QED) is 0.764. The van der Waals surface area contributed by atoms with Crippen molar-refractivity contribution in [3.63, 3.8) is 0 Å². The smallest absolute Gasteiger partial charge is 0.0613 e. The van der Waals surface area contributed by atoms with Crippen LogP contribution in [-0.2, 0) is 0 Å². The van der Waals surface area contributed by atoms with Gasteiger partial charge in [0.05, 0.1) is 6.61 Å². The van der Waals surface area contributed by atoms with Gasteiger partial charge in [-0.15, -0.1) is 0 Å². The molecule has 0 aromatic heterocycles. The Morgan fingerprint density at radius 2 is 1.67 bits per heavy atom. The summed E-state index contributed by atoms with van der Waals surface area (Å²) in [5.74, 6) is 0. The number of nitrogens with one attached hydrogen (secondary N) is 1. The van der Waals surface area contributed by atoms with Crippen molar-refractivity contribution in [2.45, 2.75) is 102 Å². The number of aliphatic hydroxyl groups is 1. The summed E-state index contributed by atoms with van der Waals surface area (Å²) < 4.78 is 0. The number of rotatable bonds is 5. The molecule has 2 aliphatic carbocycles. The zero-order valence-electron chi connectivity index (χ0n) is 14.4. The van der Waals surface area contributed by atoms with Gasteiger partial charge >= 0.3 is 0 Å². The minimum Gasteiger partial charge on any atom is -0.394 e. The number of hydrogen-bond donors (Lipinski definition) is 2. The standard InChI is InChI=1S/C18H36N2O/c1-15(2)19-18(14-21)12-8-11-17(13-18)20(3)16-9-6-4-5-7-10-16/h15-17,19,21H,4-14H2,1-3H3. The van der Waals surface area contributed by atoms with Gasteiger partial charge in [-0.05, 0) is 45.6 Å². The van der Waals surface area contributed by atoms with Crippen LogP contribution in [0.2, 0.25) is 0 Å². The van der Waals surface area contributed by atoms with Gasteiger partial charge in [-0.25, -0.2) is 0 Å². The first-order valence-corrected chi connectivity index (χ1v) is 9.17. The van der Waals surface area contributed by atoms with E-state index in [1.807, 2.05) is 0 Å². The summed E-state index contributed by atoms with van der Waals surface area (Å²) in [6.45, 7) is 4.66. The number of aliphatic hydroxyl groups excluding tert-OH is 1. The highest BCUT2D eigenvalue weighted by Gasteiger charge is 2.38. The molecule has 0 radical (unpaired) electrons. The number of nitrogens with zero attached hydrogens (tertiary/aromatic N) is 1. The van der Waals surface area contributed by atoms with Crippen LogP contribution in [0, 0.1) is 0 Å². The highest BCUT2D eigenvalue weighted by molar-refractivity contribution is 4.97. The van der Waals surface area contributed by atoms with E-state index in [1.165, 1.54) is 51.4 Å². The molecule has 0 aliphatic heterocycles. The van der Waals surface area contributed by atoms with E-state index in [1.54, 1.807) is 0 Å². The fourth-order valence-electron chi connectivity index (χ4n) is 4.57. The maximum absolute atomic E-state index is 9.96. The highest BCUT2D eigenvalue weighted by atomic mass is 16.3. The zero-order chi connectivity index (χ0) is 15.3. The van der Waals surface area contributed by atoms with Crippen molar-refractivity contribution in [1.82, 2.24) is 10.2 Å². The molecule has 0 saturated heterocycles. The van der Waals surface area contributed by atoms with Crippen molar-refractivity contribution in [1.29, 1.82) is 0 Å². The lowest BCUT2D eigenvalue weighted by atomic mass is 9.78. The first-order valence-electron chi connectivity index (χ1n) is 9.17. The SMILES string of the molecule is CC(C)NC1(CO)CCCC(N(C)C2CCCCCC2)C1. The van der Waals surface area contributed by atoms with E-state index < -0.39 is 0 Å². The predicted octanol–water partition coefficient (Wildman–Crippen LogP) is 3.31. The first-order chi connectivity index (χ1) is 10.1. The fourth-order valence-corrected chi connectivity index (χ4v) is 4.57. The molecule has 0 heterocycles. The molecular formula is C18H36N2O. The Balaban J connectivity index is 1.98. The molecule has 0 bridgehead atoms. The summed E-state index contributed by atoms with van der Waals surface area (Å²) in [7, 11) is 2.34. The summed E-state index contributed by atoms with van der Waals surface area (Å²) in [5.41, 5.74) is -0.0456. The molecule has 3 heteroatoms. The van der Waals surface area contributed by atoms with Gasteiger partial charge in [0.1, 0.15) is 0 Å². The van der Waals surface area contributed by atoms with Crippen LogP contribution in [0.25, 0.3) is 0 Å². The molecule has 2 rings (SSSR count). The summed E-state index contributed by atoms with van der Waals surface area (Å²) in [5, 5.41) is 13.6. The van der Waals surface area contributed by atoms with E-state index in [-0.39, 0.29) is 12.1 Å². The maximum Gasteiger partial charge on any atom is 0.0613 e. The van der Waals surface area contributed by atoms with Crippen LogP contribution < -0.4 is 5.32 Å². The van der Waals surface area contributed by atoms with Crippen LogP contribution in [0.3, 0.4) is 0 Å². The second-order valence-corrected chi connectivity index (χ2v) is 7.80. The molecule has 2 saturated carbocycles. The fraction of sp³-hybridized carbons (Fsp3) is 1.00. The van der Waals surface area contributed by atoms with E-state index in [9.17, 15) is 5.11 Å². The van der Waals surface area contributed by atoms with Gasteiger partial charge in [-0.3, -0.25) is 0 Å². The lowest BCUT2D eigenvalue weighted by molar-refractivity contribution is 0.0447. The second kappa shape index (κ2) is 7.94. The van der Waals surface area contributed by atoms with E-state index in [4.69, 9.17) is 0 Å². The van der Waals surface area contributed by atoms with Gasteiger partial charge in [0.15, 0.2) is 0 Å². The third-order valence-electron chi connectivity index (χ3n) is 5.69. The van der Waals surface area contributed by atoms with Crippen molar-refractivity contribution < 1.29 is 5.11 Å². The molecule has 2 N–H and O–H groups in total. The average molecular weight is 296 g/mol. The van der Waals surface area contributed by atoms with Crippen LogP contribution in [0.15, 0.2) is 0 Å². The Bertz CT molecular complexity index is 300. The summed E-state index contributed by atoms with van der Waals surface area (Å²) in [4.78, 5) is 2.66. The van der Waals surface area contributed by atoms with Crippen LogP contribution >= 0.6 is 0 Å². The third kappa shape index (κ3) is 4.67. The van der Waals surface area contributed by atoms with Gasteiger partial charge in [-0.2, -0.15) is 0 Å². The molecular weight excluding hydrogens is 260 g/mol. The summed E-state index contributed by atoms with van der Waals surface area (Å²) in [6, 6.07) is 1.85. The normalized spacial score (nSPS) is 32.6. The van der Waals surface area contributed by atoms with Crippen LogP contribution in [-0.4, -0.2) is 47.3 Å². The third-order valence-corrected chi connectivity index (χ3v) is 5.69. The molecule has 2 atom stereocenters. The molecule has 3 nitrogen and oxygen atoms in total. The van der Waals surface area contributed by atoms with E-state index in [0.29, 0.717) is 12.1 Å². The van der Waals surface area contributed by atoms with Crippen molar-refractivity contribution >= 4 is 0 Å². The van der Waals surface area contributed by atoms with Crippen LogP contribution in [0.4, 0.5) is 0 Å². The Morgan fingerprint density at radius 1 is 1.05 bits per heavy atom. The predicted molar refractivity (Wildman–Crippen MR) is 89.6 cm³/mol. The van der Waals surface area contributed by atoms with Gasteiger partial charge in [0.25, 0.3) is 0 Å². The van der Waals surface area contributed by atoms with Crippen molar-refractivity contribution in [2.24, 2.45) is 0 Å². The van der Waals surface area contributed by atoms with Crippen LogP contribution in [0.5, 0.6) is 0 Å². The lowest BCUT2D eigenvalue weighted by Crippen LogP contribution is -2.58. The van der Waals surface area contributed by atoms with Crippen LogP contribution in [0.1, 0.15) is 78.1 Å². The van der Waals surface area contributed by atoms with Gasteiger partial charge in [0, 0.05) is 23.7 Å². The van der Waals surface area contributed by atoms with Gasteiger partial charge < -0.3 is 15.3 Å². The van der Waals surface area contributed by atoms with E-state index >= 15 is 0 Å². The monoisotopic (exact) mass is 296 g/mol.